The Morgan fingerprint density at radius 2 is 1.79 bits per heavy atom. The van der Waals surface area contributed by atoms with Gasteiger partial charge in [0.1, 0.15) is 30.0 Å². The number of hydrogen-bond acceptors (Lipinski definition) is 8. The van der Waals surface area contributed by atoms with Crippen LogP contribution < -0.4 is 10.1 Å². The number of methoxy groups -OCH3 is 2. The van der Waals surface area contributed by atoms with Crippen molar-refractivity contribution in [2.75, 3.05) is 33.9 Å². The van der Waals surface area contributed by atoms with Crippen molar-refractivity contribution in [2.45, 2.75) is 78.6 Å². The van der Waals surface area contributed by atoms with Crippen molar-refractivity contribution in [3.8, 4) is 28.1 Å². The van der Waals surface area contributed by atoms with Gasteiger partial charge in [0, 0.05) is 37.1 Å². The van der Waals surface area contributed by atoms with Crippen LogP contribution in [0.5, 0.6) is 5.75 Å². The summed E-state index contributed by atoms with van der Waals surface area (Å²) in [5.74, 6) is 2.83. The van der Waals surface area contributed by atoms with E-state index < -0.39 is 12.1 Å². The molecule has 3 N–H and O–H groups in total. The third-order valence-corrected chi connectivity index (χ3v) is 12.2. The standard InChI is InChI=1S/C45H54N7O6/c1-8-26(5)40(50-45(55)57-7)44(54)52-20-25(4)14-36(52)42-46-19-35(48-42)29-9-11-31-30(16-29)23-58-38-18-32-28(17-33(31)38)10-12-34-41(32)49-43(47-34)37-15-27(22-56-6)21-51(37)39(53)13-24(2)3/h9-13,16-19,24-27,36-37,40H,8,14-15,20-23H2,1-7H3,(H,46,48)(H,47,49)(H,50,55)/t25-,26+,27-,36-,37-,40-/m0/s1. The van der Waals surface area contributed by atoms with Crippen molar-refractivity contribution < 1.29 is 28.6 Å². The third kappa shape index (κ3) is 7.40. The molecule has 0 saturated carbocycles. The number of alkyl carbamates (subject to hydrolysis) is 1. The molecule has 3 aliphatic heterocycles. The number of aromatic amines is 2. The number of nitrogens with one attached hydrogen (secondary N) is 3. The number of hydrogen-bond donors (Lipinski definition) is 3. The number of carbonyl (C=O) groups is 3. The molecule has 1 radical (unpaired) electrons. The maximum atomic E-state index is 13.9. The number of amides is 3. The first-order valence-electron chi connectivity index (χ1n) is 20.5. The van der Waals surface area contributed by atoms with Gasteiger partial charge < -0.3 is 39.3 Å². The minimum Gasteiger partial charge on any atom is -0.488 e. The smallest absolute Gasteiger partial charge is 0.407 e. The van der Waals surface area contributed by atoms with Gasteiger partial charge in [-0.25, -0.2) is 14.8 Å². The Balaban J connectivity index is 1.05. The molecule has 0 spiro atoms. The summed E-state index contributed by atoms with van der Waals surface area (Å²) in [5.41, 5.74) is 6.81. The second kappa shape index (κ2) is 16.1. The summed E-state index contributed by atoms with van der Waals surface area (Å²) >= 11 is 0. The molecule has 0 unspecified atom stereocenters. The van der Waals surface area contributed by atoms with Crippen LogP contribution in [-0.4, -0.2) is 87.6 Å². The van der Waals surface area contributed by atoms with E-state index in [-0.39, 0.29) is 47.6 Å². The van der Waals surface area contributed by atoms with Crippen LogP contribution in [0.15, 0.2) is 48.7 Å². The van der Waals surface area contributed by atoms with Crippen LogP contribution in [-0.2, 0) is 25.7 Å². The van der Waals surface area contributed by atoms with Crippen LogP contribution in [0.4, 0.5) is 4.79 Å². The van der Waals surface area contributed by atoms with Crippen molar-refractivity contribution >= 4 is 39.7 Å². The van der Waals surface area contributed by atoms with E-state index in [2.05, 4.69) is 58.6 Å². The summed E-state index contributed by atoms with van der Waals surface area (Å²) in [4.78, 5) is 60.2. The van der Waals surface area contributed by atoms with E-state index in [1.807, 2.05) is 49.8 Å². The summed E-state index contributed by atoms with van der Waals surface area (Å²) in [6.45, 7) is 12.4. The fraction of sp³-hybridized carbons (Fsp3) is 0.467. The molecule has 6 atom stereocenters. The van der Waals surface area contributed by atoms with E-state index >= 15 is 0 Å². The van der Waals surface area contributed by atoms with Crippen LogP contribution in [0.2, 0.25) is 0 Å². The summed E-state index contributed by atoms with van der Waals surface area (Å²) in [5, 5.41) is 4.85. The monoisotopic (exact) mass is 788 g/mol. The number of fused-ring (bicyclic) bond motifs is 6. The van der Waals surface area contributed by atoms with Gasteiger partial charge >= 0.3 is 6.09 Å². The molecular formula is C45H54N7O6. The molecular weight excluding hydrogens is 735 g/mol. The lowest BCUT2D eigenvalue weighted by molar-refractivity contribution is -0.136. The minimum atomic E-state index is -0.689. The third-order valence-electron chi connectivity index (χ3n) is 12.2. The number of rotatable bonds is 11. The Bertz CT molecular complexity index is 2350. The highest BCUT2D eigenvalue weighted by Crippen LogP contribution is 2.44. The molecule has 13 heteroatoms. The Labute approximate surface area is 339 Å². The predicted molar refractivity (Wildman–Crippen MR) is 222 cm³/mol. The molecule has 2 saturated heterocycles. The number of likely N-dealkylation sites (tertiary alicyclic amines) is 2. The lowest BCUT2D eigenvalue weighted by Crippen LogP contribution is -2.51. The molecule has 2 fully saturated rings. The van der Waals surface area contributed by atoms with Gasteiger partial charge in [0.25, 0.3) is 0 Å². The van der Waals surface area contributed by atoms with Crippen molar-refractivity contribution in [1.29, 1.82) is 0 Å². The predicted octanol–water partition coefficient (Wildman–Crippen LogP) is 7.74. The van der Waals surface area contributed by atoms with Crippen molar-refractivity contribution in [3.05, 3.63) is 72.3 Å². The van der Waals surface area contributed by atoms with E-state index in [1.54, 1.807) is 13.5 Å². The molecule has 58 heavy (non-hydrogen) atoms. The molecule has 2 aromatic heterocycles. The van der Waals surface area contributed by atoms with Gasteiger partial charge in [-0.05, 0) is 76.9 Å². The SMILES string of the molecule is CC[C@@H](C)[C@H](NC(=O)OC)C(=O)N1C[C@@H](C)C[C@H]1c1ncc(-c2ccc3c(c2)COc2cc4c(ccc5nc([C@@H]6C[C@H](COC)CN6C(=O)[CH]C(C)C)[nH]c54)cc2-3)[nH]1. The Hall–Kier alpha value is -5.43. The zero-order valence-electron chi connectivity index (χ0n) is 34.4. The maximum Gasteiger partial charge on any atom is 0.407 e. The van der Waals surface area contributed by atoms with E-state index in [4.69, 9.17) is 24.2 Å². The molecule has 3 aromatic carbocycles. The lowest BCUT2D eigenvalue weighted by Gasteiger charge is -2.30. The normalized spacial score (nSPS) is 21.2. The number of ether oxygens (including phenoxy) is 3. The summed E-state index contributed by atoms with van der Waals surface area (Å²) < 4.78 is 16.8. The minimum absolute atomic E-state index is 0.0322. The second-order valence-corrected chi connectivity index (χ2v) is 16.8. The van der Waals surface area contributed by atoms with Gasteiger partial charge in [-0.3, -0.25) is 9.59 Å². The van der Waals surface area contributed by atoms with Gasteiger partial charge in [0.15, 0.2) is 0 Å². The molecule has 8 rings (SSSR count). The van der Waals surface area contributed by atoms with E-state index in [1.165, 1.54) is 7.11 Å². The van der Waals surface area contributed by atoms with E-state index in [9.17, 15) is 14.4 Å². The van der Waals surface area contributed by atoms with Crippen molar-refractivity contribution in [1.82, 2.24) is 35.1 Å². The highest BCUT2D eigenvalue weighted by molar-refractivity contribution is 6.07. The topological polar surface area (TPSA) is 155 Å². The first kappa shape index (κ1) is 39.4. The molecule has 3 aliphatic rings. The molecule has 13 nitrogen and oxygen atoms in total. The zero-order chi connectivity index (χ0) is 40.8. The van der Waals surface area contributed by atoms with Crippen LogP contribution in [0, 0.1) is 30.1 Å². The number of H-pyrrole nitrogens is 2. The lowest BCUT2D eigenvalue weighted by atomic mass is 9.92. The van der Waals surface area contributed by atoms with Gasteiger partial charge in [-0.2, -0.15) is 0 Å². The molecule has 3 amide bonds. The van der Waals surface area contributed by atoms with E-state index in [0.717, 1.165) is 86.4 Å². The Morgan fingerprint density at radius 3 is 2.55 bits per heavy atom. The number of imidazole rings is 2. The molecule has 0 bridgehead atoms. The van der Waals surface area contributed by atoms with Crippen LogP contribution in [0.25, 0.3) is 44.2 Å². The number of nitrogens with zero attached hydrogens (tertiary/aromatic N) is 4. The highest BCUT2D eigenvalue weighted by atomic mass is 16.5. The fourth-order valence-electron chi connectivity index (χ4n) is 9.05. The summed E-state index contributed by atoms with van der Waals surface area (Å²) in [7, 11) is 3.01. The number of aromatic nitrogens is 4. The first-order chi connectivity index (χ1) is 28.0. The van der Waals surface area contributed by atoms with Crippen LogP contribution in [0.1, 0.15) is 83.2 Å². The molecule has 0 aliphatic carbocycles. The van der Waals surface area contributed by atoms with E-state index in [0.29, 0.717) is 26.3 Å². The second-order valence-electron chi connectivity index (χ2n) is 16.8. The van der Waals surface area contributed by atoms with Gasteiger partial charge in [0.2, 0.25) is 11.8 Å². The molecule has 305 valence electrons. The number of benzene rings is 3. The van der Waals surface area contributed by atoms with Crippen LogP contribution in [0.3, 0.4) is 0 Å². The van der Waals surface area contributed by atoms with Gasteiger partial charge in [0.05, 0.1) is 55.1 Å². The van der Waals surface area contributed by atoms with Gasteiger partial charge in [-0.15, -0.1) is 0 Å². The quantitative estimate of drug-likeness (QED) is 0.123. The van der Waals surface area contributed by atoms with Gasteiger partial charge in [-0.1, -0.05) is 59.2 Å². The zero-order valence-corrected chi connectivity index (χ0v) is 34.4. The highest BCUT2D eigenvalue weighted by Gasteiger charge is 2.41. The first-order valence-corrected chi connectivity index (χ1v) is 20.5. The summed E-state index contributed by atoms with van der Waals surface area (Å²) in [6, 6.07) is 13.7. The Morgan fingerprint density at radius 1 is 0.983 bits per heavy atom. The van der Waals surface area contributed by atoms with Crippen molar-refractivity contribution in [3.63, 3.8) is 0 Å². The maximum absolute atomic E-state index is 13.9. The van der Waals surface area contributed by atoms with Crippen LogP contribution >= 0.6 is 0 Å². The molecule has 5 heterocycles. The average Bonchev–Trinajstić information content (AvgIpc) is 4.04. The fourth-order valence-corrected chi connectivity index (χ4v) is 9.05. The molecule has 5 aromatic rings. The summed E-state index contributed by atoms with van der Waals surface area (Å²) in [6.07, 6.45) is 5.28. The Kier molecular flexibility index (Phi) is 10.9. The van der Waals surface area contributed by atoms with Crippen molar-refractivity contribution in [2.24, 2.45) is 23.7 Å². The number of carbonyl (C=O) groups excluding carboxylic acids is 3. The largest absolute Gasteiger partial charge is 0.488 e. The average molecular weight is 789 g/mol.